The predicted molar refractivity (Wildman–Crippen MR) is 91.0 cm³/mol. The minimum atomic E-state index is -0.530. The maximum Gasteiger partial charge on any atom is 0.266 e. The molecule has 0 unspecified atom stereocenters. The van der Waals surface area contributed by atoms with Crippen LogP contribution < -0.4 is 10.1 Å². The second-order valence-corrected chi connectivity index (χ2v) is 5.51. The molecule has 0 heterocycles. The van der Waals surface area contributed by atoms with E-state index in [0.717, 1.165) is 4.47 Å². The van der Waals surface area contributed by atoms with Gasteiger partial charge in [0.05, 0.1) is 7.11 Å². The van der Waals surface area contributed by atoms with Crippen molar-refractivity contribution in [2.75, 3.05) is 12.4 Å². The lowest BCUT2D eigenvalue weighted by atomic mass is 10.1. The van der Waals surface area contributed by atoms with Gasteiger partial charge >= 0.3 is 0 Å². The van der Waals surface area contributed by atoms with Crippen molar-refractivity contribution < 1.29 is 14.6 Å². The number of phenolic OH excluding ortho intramolecular Hbond substituents is 1. The fraction of sp³-hybridized carbons (Fsp3) is 0.0588. The number of nitrogens with one attached hydrogen (secondary N) is 1. The van der Waals surface area contributed by atoms with Crippen LogP contribution in [0.2, 0.25) is 0 Å². The zero-order valence-electron chi connectivity index (χ0n) is 12.2. The van der Waals surface area contributed by atoms with Crippen molar-refractivity contribution in [3.63, 3.8) is 0 Å². The number of ether oxygens (including phenoxy) is 1. The molecule has 0 fully saturated rings. The summed E-state index contributed by atoms with van der Waals surface area (Å²) in [6.07, 6.45) is 1.48. The Kier molecular flexibility index (Phi) is 5.39. The van der Waals surface area contributed by atoms with E-state index in [9.17, 15) is 15.2 Å². The lowest BCUT2D eigenvalue weighted by Gasteiger charge is -2.06. The molecule has 0 aliphatic carbocycles. The van der Waals surface area contributed by atoms with Crippen LogP contribution in [0, 0.1) is 11.3 Å². The molecule has 5 nitrogen and oxygen atoms in total. The number of hydrogen-bond donors (Lipinski definition) is 2. The van der Waals surface area contributed by atoms with E-state index in [1.165, 1.54) is 25.3 Å². The number of nitrogens with zero attached hydrogens (tertiary/aromatic N) is 1. The normalized spacial score (nSPS) is 10.7. The van der Waals surface area contributed by atoms with Gasteiger partial charge in [-0.3, -0.25) is 4.79 Å². The number of hydrogen-bond acceptors (Lipinski definition) is 4. The summed E-state index contributed by atoms with van der Waals surface area (Å²) in [4.78, 5) is 12.2. The largest absolute Gasteiger partial charge is 0.508 e. The van der Waals surface area contributed by atoms with Crippen LogP contribution >= 0.6 is 15.9 Å². The fourth-order valence-corrected chi connectivity index (χ4v) is 2.33. The molecule has 0 bridgehead atoms. The number of nitriles is 1. The van der Waals surface area contributed by atoms with Gasteiger partial charge in [0.15, 0.2) is 0 Å². The summed E-state index contributed by atoms with van der Waals surface area (Å²) in [7, 11) is 1.54. The highest BCUT2D eigenvalue weighted by Gasteiger charge is 2.10. The van der Waals surface area contributed by atoms with E-state index in [1.54, 1.807) is 30.3 Å². The third-order valence-corrected chi connectivity index (χ3v) is 3.39. The number of carbonyl (C=O) groups is 1. The number of amides is 1. The summed E-state index contributed by atoms with van der Waals surface area (Å²) in [5.41, 5.74) is 1.10. The van der Waals surface area contributed by atoms with Gasteiger partial charge in [0.25, 0.3) is 5.91 Å². The molecule has 0 aliphatic rings. The molecule has 2 aromatic carbocycles. The van der Waals surface area contributed by atoms with Gasteiger partial charge in [0.1, 0.15) is 23.1 Å². The van der Waals surface area contributed by atoms with Crippen LogP contribution in [0.15, 0.2) is 52.5 Å². The van der Waals surface area contributed by atoms with Crippen molar-refractivity contribution in [3.8, 4) is 17.6 Å². The van der Waals surface area contributed by atoms with Gasteiger partial charge in [-0.15, -0.1) is 0 Å². The summed E-state index contributed by atoms with van der Waals surface area (Å²) >= 11 is 3.35. The van der Waals surface area contributed by atoms with E-state index in [0.29, 0.717) is 17.0 Å². The Morgan fingerprint density at radius 3 is 2.61 bits per heavy atom. The minimum Gasteiger partial charge on any atom is -0.508 e. The Balaban J connectivity index is 2.24. The van der Waals surface area contributed by atoms with E-state index >= 15 is 0 Å². The number of carbonyl (C=O) groups excluding carboxylic acids is 1. The first-order valence-corrected chi connectivity index (χ1v) is 7.38. The van der Waals surface area contributed by atoms with Crippen LogP contribution in [-0.4, -0.2) is 18.1 Å². The first-order chi connectivity index (χ1) is 11.0. The molecule has 0 radical (unpaired) electrons. The Bertz CT molecular complexity index is 792. The molecule has 0 aromatic heterocycles. The van der Waals surface area contributed by atoms with Crippen LogP contribution in [0.25, 0.3) is 6.08 Å². The number of rotatable bonds is 4. The van der Waals surface area contributed by atoms with Crippen LogP contribution in [0.5, 0.6) is 11.5 Å². The second-order valence-electron chi connectivity index (χ2n) is 4.60. The fourth-order valence-electron chi connectivity index (χ4n) is 1.84. The minimum absolute atomic E-state index is 0.0433. The summed E-state index contributed by atoms with van der Waals surface area (Å²) in [5, 5.41) is 21.0. The molecule has 116 valence electrons. The predicted octanol–water partition coefficient (Wildman–Crippen LogP) is 3.71. The van der Waals surface area contributed by atoms with E-state index in [-0.39, 0.29) is 11.3 Å². The van der Waals surface area contributed by atoms with Crippen molar-refractivity contribution in [3.05, 3.63) is 58.1 Å². The lowest BCUT2D eigenvalue weighted by molar-refractivity contribution is -0.112. The van der Waals surface area contributed by atoms with E-state index in [1.807, 2.05) is 6.07 Å². The highest BCUT2D eigenvalue weighted by molar-refractivity contribution is 9.10. The van der Waals surface area contributed by atoms with Crippen LogP contribution in [0.3, 0.4) is 0 Å². The van der Waals surface area contributed by atoms with Crippen molar-refractivity contribution in [2.45, 2.75) is 0 Å². The first kappa shape index (κ1) is 16.6. The van der Waals surface area contributed by atoms with Crippen LogP contribution in [0.4, 0.5) is 5.69 Å². The number of phenols is 1. The van der Waals surface area contributed by atoms with Gasteiger partial charge < -0.3 is 15.2 Å². The van der Waals surface area contributed by atoms with Crippen molar-refractivity contribution in [1.29, 1.82) is 5.26 Å². The lowest BCUT2D eigenvalue weighted by Crippen LogP contribution is -2.13. The first-order valence-electron chi connectivity index (χ1n) is 6.58. The molecule has 0 spiro atoms. The SMILES string of the molecule is COc1cc(Br)cc(/C=C(\C#N)C(=O)Nc2ccc(O)cc2)c1. The van der Waals surface area contributed by atoms with Crippen LogP contribution in [-0.2, 0) is 4.79 Å². The number of benzene rings is 2. The zero-order chi connectivity index (χ0) is 16.8. The average molecular weight is 373 g/mol. The molecule has 23 heavy (non-hydrogen) atoms. The summed E-state index contributed by atoms with van der Waals surface area (Å²) in [6, 6.07) is 13.1. The Morgan fingerprint density at radius 2 is 2.00 bits per heavy atom. The highest BCUT2D eigenvalue weighted by Crippen LogP contribution is 2.23. The van der Waals surface area contributed by atoms with Crippen LogP contribution in [0.1, 0.15) is 5.56 Å². The topological polar surface area (TPSA) is 82.3 Å². The monoisotopic (exact) mass is 372 g/mol. The molecule has 0 atom stereocenters. The molecule has 6 heteroatoms. The number of methoxy groups -OCH3 is 1. The second kappa shape index (κ2) is 7.47. The Labute approximate surface area is 142 Å². The zero-order valence-corrected chi connectivity index (χ0v) is 13.8. The van der Waals surface area contributed by atoms with E-state index < -0.39 is 5.91 Å². The third-order valence-electron chi connectivity index (χ3n) is 2.93. The number of halogens is 1. The summed E-state index contributed by atoms with van der Waals surface area (Å²) in [6.45, 7) is 0. The van der Waals surface area contributed by atoms with E-state index in [4.69, 9.17) is 4.74 Å². The molecule has 0 aliphatic heterocycles. The van der Waals surface area contributed by atoms with Gasteiger partial charge in [0, 0.05) is 10.2 Å². The summed E-state index contributed by atoms with van der Waals surface area (Å²) < 4.78 is 5.93. The molecule has 0 saturated carbocycles. The van der Waals surface area contributed by atoms with Gasteiger partial charge in [-0.1, -0.05) is 15.9 Å². The van der Waals surface area contributed by atoms with Gasteiger partial charge in [-0.2, -0.15) is 5.26 Å². The Morgan fingerprint density at radius 1 is 1.30 bits per heavy atom. The van der Waals surface area contributed by atoms with Gasteiger partial charge in [0.2, 0.25) is 0 Å². The number of anilines is 1. The molecule has 2 rings (SSSR count). The van der Waals surface area contributed by atoms with Crippen molar-refractivity contribution in [2.24, 2.45) is 0 Å². The maximum absolute atomic E-state index is 12.2. The maximum atomic E-state index is 12.2. The smallest absolute Gasteiger partial charge is 0.266 e. The Hall–Kier alpha value is -2.78. The van der Waals surface area contributed by atoms with Crippen molar-refractivity contribution >= 4 is 33.6 Å². The number of aromatic hydroxyl groups is 1. The summed E-state index contributed by atoms with van der Waals surface area (Å²) in [5.74, 6) is 0.180. The average Bonchev–Trinajstić information content (AvgIpc) is 2.54. The molecule has 2 aromatic rings. The van der Waals surface area contributed by atoms with E-state index in [2.05, 4.69) is 21.2 Å². The highest BCUT2D eigenvalue weighted by atomic mass is 79.9. The van der Waals surface area contributed by atoms with Gasteiger partial charge in [-0.25, -0.2) is 0 Å². The molecular weight excluding hydrogens is 360 g/mol. The molecule has 2 N–H and O–H groups in total. The van der Waals surface area contributed by atoms with Gasteiger partial charge in [-0.05, 0) is 54.1 Å². The third kappa shape index (κ3) is 4.59. The quantitative estimate of drug-likeness (QED) is 0.486. The molecule has 0 saturated heterocycles. The standard InChI is InChI=1S/C17H13BrN2O3/c1-23-16-8-11(7-13(18)9-16)6-12(10-19)17(22)20-14-2-4-15(21)5-3-14/h2-9,21H,1H3,(H,20,22)/b12-6+. The molecular formula is C17H13BrN2O3. The van der Waals surface area contributed by atoms with Crippen molar-refractivity contribution in [1.82, 2.24) is 0 Å². The molecule has 1 amide bonds.